The Hall–Kier alpha value is -2.04. The van der Waals surface area contributed by atoms with Gasteiger partial charge in [-0.15, -0.1) is 0 Å². The highest BCUT2D eigenvalue weighted by atomic mass is 16.2. The predicted octanol–water partition coefficient (Wildman–Crippen LogP) is 1.86. The second kappa shape index (κ2) is 6.41. The molecule has 0 spiro atoms. The third-order valence-corrected chi connectivity index (χ3v) is 3.58. The van der Waals surface area contributed by atoms with Gasteiger partial charge in [-0.25, -0.2) is 0 Å². The largest absolute Gasteiger partial charge is 0.399 e. The topological polar surface area (TPSA) is 75.4 Å². The van der Waals surface area contributed by atoms with Crippen LogP contribution in [0.2, 0.25) is 0 Å². The molecule has 108 valence electrons. The summed E-state index contributed by atoms with van der Waals surface area (Å²) < 4.78 is 0. The molecule has 5 heteroatoms. The SMILES string of the molecule is CC1CCCN(CCC(=O)Nc2cccc(N)c2)C1=O. The van der Waals surface area contributed by atoms with Crippen LogP contribution in [0.4, 0.5) is 11.4 Å². The quantitative estimate of drug-likeness (QED) is 0.823. The molecule has 1 aliphatic heterocycles. The molecule has 0 bridgehead atoms. The van der Waals surface area contributed by atoms with Gasteiger partial charge in [0.1, 0.15) is 0 Å². The Labute approximate surface area is 119 Å². The molecule has 1 aromatic carbocycles. The molecule has 1 aromatic rings. The molecule has 0 radical (unpaired) electrons. The molecule has 0 saturated carbocycles. The van der Waals surface area contributed by atoms with E-state index in [4.69, 9.17) is 5.73 Å². The van der Waals surface area contributed by atoms with Crippen molar-refractivity contribution in [1.82, 2.24) is 4.90 Å². The first-order valence-electron chi connectivity index (χ1n) is 7.00. The van der Waals surface area contributed by atoms with E-state index in [1.807, 2.05) is 6.92 Å². The van der Waals surface area contributed by atoms with E-state index in [1.54, 1.807) is 29.2 Å². The van der Waals surface area contributed by atoms with Gasteiger partial charge < -0.3 is 16.0 Å². The number of rotatable bonds is 4. The van der Waals surface area contributed by atoms with Gasteiger partial charge in [0.05, 0.1) is 0 Å². The summed E-state index contributed by atoms with van der Waals surface area (Å²) in [5.41, 5.74) is 6.96. The van der Waals surface area contributed by atoms with E-state index < -0.39 is 0 Å². The standard InChI is InChI=1S/C15H21N3O2/c1-11-4-3-8-18(15(11)20)9-7-14(19)17-13-6-2-5-12(16)10-13/h2,5-6,10-11H,3-4,7-9,16H2,1H3,(H,17,19). The van der Waals surface area contributed by atoms with Crippen molar-refractivity contribution in [3.63, 3.8) is 0 Å². The summed E-state index contributed by atoms with van der Waals surface area (Å²) in [6.07, 6.45) is 2.28. The summed E-state index contributed by atoms with van der Waals surface area (Å²) in [6, 6.07) is 7.07. The van der Waals surface area contributed by atoms with E-state index in [0.717, 1.165) is 19.4 Å². The summed E-state index contributed by atoms with van der Waals surface area (Å²) >= 11 is 0. The van der Waals surface area contributed by atoms with E-state index in [-0.39, 0.29) is 17.7 Å². The van der Waals surface area contributed by atoms with Crippen LogP contribution in [0.5, 0.6) is 0 Å². The van der Waals surface area contributed by atoms with Crippen molar-refractivity contribution in [2.45, 2.75) is 26.2 Å². The number of amides is 2. The van der Waals surface area contributed by atoms with Gasteiger partial charge in [-0.05, 0) is 31.0 Å². The molecular weight excluding hydrogens is 254 g/mol. The lowest BCUT2D eigenvalue weighted by molar-refractivity contribution is -0.138. The lowest BCUT2D eigenvalue weighted by Crippen LogP contribution is -2.41. The minimum absolute atomic E-state index is 0.0840. The number of carbonyl (C=O) groups is 2. The Morgan fingerprint density at radius 1 is 1.50 bits per heavy atom. The first-order valence-corrected chi connectivity index (χ1v) is 7.00. The van der Waals surface area contributed by atoms with Gasteiger partial charge in [0.25, 0.3) is 0 Å². The zero-order valence-corrected chi connectivity index (χ0v) is 11.8. The maximum absolute atomic E-state index is 11.9. The number of nitrogens with one attached hydrogen (secondary N) is 1. The lowest BCUT2D eigenvalue weighted by atomic mass is 9.99. The molecule has 1 heterocycles. The molecule has 1 atom stereocenters. The minimum atomic E-state index is -0.0957. The summed E-state index contributed by atoms with van der Waals surface area (Å²) in [6.45, 7) is 3.19. The Kier molecular flexibility index (Phi) is 4.61. The van der Waals surface area contributed by atoms with Crippen molar-refractivity contribution in [2.75, 3.05) is 24.1 Å². The molecule has 1 unspecified atom stereocenters. The van der Waals surface area contributed by atoms with Crippen LogP contribution in [0.1, 0.15) is 26.2 Å². The zero-order chi connectivity index (χ0) is 14.5. The van der Waals surface area contributed by atoms with Crippen LogP contribution in [0.25, 0.3) is 0 Å². The summed E-state index contributed by atoms with van der Waals surface area (Å²) in [5.74, 6) is 0.148. The van der Waals surface area contributed by atoms with Crippen molar-refractivity contribution >= 4 is 23.2 Å². The highest BCUT2D eigenvalue weighted by Crippen LogP contribution is 2.17. The number of carbonyl (C=O) groups excluding carboxylic acids is 2. The Morgan fingerprint density at radius 3 is 3.05 bits per heavy atom. The van der Waals surface area contributed by atoms with Crippen LogP contribution in [-0.2, 0) is 9.59 Å². The second-order valence-corrected chi connectivity index (χ2v) is 5.29. The van der Waals surface area contributed by atoms with Crippen molar-refractivity contribution in [3.8, 4) is 0 Å². The minimum Gasteiger partial charge on any atom is -0.399 e. The molecule has 1 saturated heterocycles. The maximum atomic E-state index is 11.9. The van der Waals surface area contributed by atoms with Gasteiger partial charge >= 0.3 is 0 Å². The van der Waals surface area contributed by atoms with Crippen LogP contribution < -0.4 is 11.1 Å². The predicted molar refractivity (Wildman–Crippen MR) is 79.1 cm³/mol. The first kappa shape index (κ1) is 14.4. The normalized spacial score (nSPS) is 18.9. The van der Waals surface area contributed by atoms with E-state index in [2.05, 4.69) is 5.32 Å². The van der Waals surface area contributed by atoms with Crippen LogP contribution in [0.3, 0.4) is 0 Å². The lowest BCUT2D eigenvalue weighted by Gasteiger charge is -2.30. The molecule has 1 fully saturated rings. The van der Waals surface area contributed by atoms with E-state index in [0.29, 0.717) is 24.3 Å². The monoisotopic (exact) mass is 275 g/mol. The third-order valence-electron chi connectivity index (χ3n) is 3.58. The number of anilines is 2. The molecule has 0 aliphatic carbocycles. The van der Waals surface area contributed by atoms with Gasteiger partial charge in [-0.3, -0.25) is 9.59 Å². The Bertz CT molecular complexity index is 502. The smallest absolute Gasteiger partial charge is 0.226 e. The number of hydrogen-bond acceptors (Lipinski definition) is 3. The fourth-order valence-electron chi connectivity index (χ4n) is 2.43. The Morgan fingerprint density at radius 2 is 2.30 bits per heavy atom. The van der Waals surface area contributed by atoms with Gasteiger partial charge in [0.15, 0.2) is 0 Å². The first-order chi connectivity index (χ1) is 9.56. The fraction of sp³-hybridized carbons (Fsp3) is 0.467. The van der Waals surface area contributed by atoms with Crippen LogP contribution in [0.15, 0.2) is 24.3 Å². The highest BCUT2D eigenvalue weighted by Gasteiger charge is 2.25. The number of likely N-dealkylation sites (tertiary alicyclic amines) is 1. The maximum Gasteiger partial charge on any atom is 0.226 e. The van der Waals surface area contributed by atoms with Crippen LogP contribution >= 0.6 is 0 Å². The van der Waals surface area contributed by atoms with Crippen molar-refractivity contribution < 1.29 is 9.59 Å². The van der Waals surface area contributed by atoms with Crippen molar-refractivity contribution in [2.24, 2.45) is 5.92 Å². The molecule has 20 heavy (non-hydrogen) atoms. The summed E-state index contributed by atoms with van der Waals surface area (Å²) in [7, 11) is 0. The van der Waals surface area contributed by atoms with Gasteiger partial charge in [0.2, 0.25) is 11.8 Å². The highest BCUT2D eigenvalue weighted by molar-refractivity contribution is 5.91. The zero-order valence-electron chi connectivity index (χ0n) is 11.8. The molecule has 2 amide bonds. The fourth-order valence-corrected chi connectivity index (χ4v) is 2.43. The van der Waals surface area contributed by atoms with Crippen molar-refractivity contribution in [3.05, 3.63) is 24.3 Å². The molecule has 2 rings (SSSR count). The molecule has 0 aromatic heterocycles. The number of nitrogen functional groups attached to an aromatic ring is 1. The number of nitrogens with two attached hydrogens (primary N) is 1. The van der Waals surface area contributed by atoms with Gasteiger partial charge in [0, 0.05) is 36.8 Å². The number of hydrogen-bond donors (Lipinski definition) is 2. The average Bonchev–Trinajstić information content (AvgIpc) is 2.40. The third kappa shape index (κ3) is 3.73. The van der Waals surface area contributed by atoms with Crippen molar-refractivity contribution in [1.29, 1.82) is 0 Å². The second-order valence-electron chi connectivity index (χ2n) is 5.29. The Balaban J connectivity index is 1.82. The molecular formula is C15H21N3O2. The van der Waals surface area contributed by atoms with E-state index >= 15 is 0 Å². The molecule has 1 aliphatic rings. The summed E-state index contributed by atoms with van der Waals surface area (Å²) in [4.78, 5) is 25.6. The van der Waals surface area contributed by atoms with E-state index in [9.17, 15) is 9.59 Å². The number of piperidine rings is 1. The number of nitrogens with zero attached hydrogens (tertiary/aromatic N) is 1. The van der Waals surface area contributed by atoms with Crippen LogP contribution in [0, 0.1) is 5.92 Å². The number of benzene rings is 1. The van der Waals surface area contributed by atoms with Crippen LogP contribution in [-0.4, -0.2) is 29.8 Å². The van der Waals surface area contributed by atoms with Gasteiger partial charge in [-0.2, -0.15) is 0 Å². The van der Waals surface area contributed by atoms with Gasteiger partial charge in [-0.1, -0.05) is 13.0 Å². The average molecular weight is 275 g/mol. The molecule has 5 nitrogen and oxygen atoms in total. The van der Waals surface area contributed by atoms with E-state index in [1.165, 1.54) is 0 Å². The molecule has 3 N–H and O–H groups in total. The summed E-state index contributed by atoms with van der Waals surface area (Å²) in [5, 5.41) is 2.79.